The summed E-state index contributed by atoms with van der Waals surface area (Å²) in [5.74, 6) is -1.96. The van der Waals surface area contributed by atoms with E-state index in [2.05, 4.69) is 4.74 Å². The normalized spacial score (nSPS) is 14.0. The average Bonchev–Trinajstić information content (AvgIpc) is 2.47. The molecule has 0 amide bonds. The lowest BCUT2D eigenvalue weighted by Crippen LogP contribution is -2.35. The number of benzene rings is 1. The third-order valence-electron chi connectivity index (χ3n) is 3.33. The number of hydrogen-bond donors (Lipinski definition) is 1. The van der Waals surface area contributed by atoms with Crippen molar-refractivity contribution in [3.05, 3.63) is 35.4 Å². The molecule has 21 heavy (non-hydrogen) atoms. The standard InChI is InChI=1S/C15H21F2NO3/c1-4-18(8-10(2)15(20)21-3)9-14(19)12-7-11(16)5-6-13(12)17/h5-7,10,14,19H,4,8-9H2,1-3H3. The highest BCUT2D eigenvalue weighted by molar-refractivity contribution is 5.72. The lowest BCUT2D eigenvalue weighted by atomic mass is 10.1. The molecule has 4 nitrogen and oxygen atoms in total. The number of rotatable bonds is 7. The van der Waals surface area contributed by atoms with Crippen molar-refractivity contribution in [1.82, 2.24) is 4.90 Å². The molecule has 0 spiro atoms. The number of hydrogen-bond acceptors (Lipinski definition) is 4. The summed E-state index contributed by atoms with van der Waals surface area (Å²) < 4.78 is 31.4. The molecule has 0 aliphatic rings. The summed E-state index contributed by atoms with van der Waals surface area (Å²) in [5.41, 5.74) is -0.0841. The number of aliphatic hydroxyl groups is 1. The highest BCUT2D eigenvalue weighted by Gasteiger charge is 2.21. The van der Waals surface area contributed by atoms with Crippen molar-refractivity contribution < 1.29 is 23.4 Å². The zero-order chi connectivity index (χ0) is 16.0. The summed E-state index contributed by atoms with van der Waals surface area (Å²) in [6.07, 6.45) is -1.16. The maximum absolute atomic E-state index is 13.6. The van der Waals surface area contributed by atoms with Crippen LogP contribution in [0.1, 0.15) is 25.5 Å². The number of carbonyl (C=O) groups excluding carboxylic acids is 1. The van der Waals surface area contributed by atoms with E-state index in [0.29, 0.717) is 13.1 Å². The first kappa shape index (κ1) is 17.5. The van der Waals surface area contributed by atoms with Crippen LogP contribution in [0.15, 0.2) is 18.2 Å². The number of aliphatic hydroxyl groups excluding tert-OH is 1. The molecule has 0 heterocycles. The van der Waals surface area contributed by atoms with Crippen molar-refractivity contribution in [1.29, 1.82) is 0 Å². The fourth-order valence-electron chi connectivity index (χ4n) is 2.11. The smallest absolute Gasteiger partial charge is 0.309 e. The Morgan fingerprint density at radius 3 is 2.62 bits per heavy atom. The molecule has 1 N–H and O–H groups in total. The van der Waals surface area contributed by atoms with Gasteiger partial charge in [-0.05, 0) is 24.7 Å². The Morgan fingerprint density at radius 2 is 2.05 bits per heavy atom. The Bertz CT molecular complexity index is 482. The van der Waals surface area contributed by atoms with E-state index in [1.807, 2.05) is 6.92 Å². The largest absolute Gasteiger partial charge is 0.469 e. The van der Waals surface area contributed by atoms with Gasteiger partial charge in [-0.1, -0.05) is 13.8 Å². The summed E-state index contributed by atoms with van der Waals surface area (Å²) in [5, 5.41) is 10.1. The average molecular weight is 301 g/mol. The zero-order valence-electron chi connectivity index (χ0n) is 12.5. The molecule has 2 atom stereocenters. The van der Waals surface area contributed by atoms with Crippen molar-refractivity contribution >= 4 is 5.97 Å². The van der Waals surface area contributed by atoms with Crippen LogP contribution in [0.25, 0.3) is 0 Å². The predicted molar refractivity (Wildman–Crippen MR) is 74.6 cm³/mol. The molecule has 0 saturated heterocycles. The Labute approximate surface area is 123 Å². The number of carbonyl (C=O) groups is 1. The molecule has 1 aromatic carbocycles. The Hall–Kier alpha value is -1.53. The summed E-state index contributed by atoms with van der Waals surface area (Å²) >= 11 is 0. The third-order valence-corrected chi connectivity index (χ3v) is 3.33. The molecule has 0 radical (unpaired) electrons. The maximum Gasteiger partial charge on any atom is 0.309 e. The van der Waals surface area contributed by atoms with Gasteiger partial charge in [-0.15, -0.1) is 0 Å². The second kappa shape index (κ2) is 8.05. The number of nitrogens with zero attached hydrogens (tertiary/aromatic N) is 1. The first-order valence-corrected chi connectivity index (χ1v) is 6.82. The van der Waals surface area contributed by atoms with Crippen molar-refractivity contribution in [2.45, 2.75) is 20.0 Å². The van der Waals surface area contributed by atoms with Crippen LogP contribution in [0.5, 0.6) is 0 Å². The Kier molecular flexibility index (Phi) is 6.71. The SMILES string of the molecule is CCN(CC(C)C(=O)OC)CC(O)c1cc(F)ccc1F. The lowest BCUT2D eigenvalue weighted by Gasteiger charge is -2.26. The van der Waals surface area contributed by atoms with E-state index in [-0.39, 0.29) is 24.0 Å². The second-order valence-electron chi connectivity index (χ2n) is 4.96. The molecular formula is C15H21F2NO3. The Balaban J connectivity index is 2.72. The van der Waals surface area contributed by atoms with E-state index in [9.17, 15) is 18.7 Å². The van der Waals surface area contributed by atoms with Gasteiger partial charge in [0.2, 0.25) is 0 Å². The summed E-state index contributed by atoms with van der Waals surface area (Å²) in [4.78, 5) is 13.2. The minimum absolute atomic E-state index is 0.0841. The monoisotopic (exact) mass is 301 g/mol. The maximum atomic E-state index is 13.6. The minimum Gasteiger partial charge on any atom is -0.469 e. The molecule has 118 valence electrons. The molecule has 6 heteroatoms. The van der Waals surface area contributed by atoms with Gasteiger partial charge in [-0.3, -0.25) is 9.69 Å². The van der Waals surface area contributed by atoms with E-state index in [1.165, 1.54) is 7.11 Å². The second-order valence-corrected chi connectivity index (χ2v) is 4.96. The van der Waals surface area contributed by atoms with Gasteiger partial charge in [0.1, 0.15) is 11.6 Å². The van der Waals surface area contributed by atoms with Crippen LogP contribution in [0.2, 0.25) is 0 Å². The van der Waals surface area contributed by atoms with Crippen molar-refractivity contribution in [3.8, 4) is 0 Å². The first-order chi connectivity index (χ1) is 9.88. The zero-order valence-corrected chi connectivity index (χ0v) is 12.5. The molecule has 2 unspecified atom stereocenters. The highest BCUT2D eigenvalue weighted by atomic mass is 19.1. The third kappa shape index (κ3) is 5.06. The fraction of sp³-hybridized carbons (Fsp3) is 0.533. The van der Waals surface area contributed by atoms with E-state index >= 15 is 0 Å². The molecule has 1 aromatic rings. The van der Waals surface area contributed by atoms with Crippen molar-refractivity contribution in [3.63, 3.8) is 0 Å². The molecule has 0 aliphatic carbocycles. The molecule has 0 fully saturated rings. The fourth-order valence-corrected chi connectivity index (χ4v) is 2.11. The first-order valence-electron chi connectivity index (χ1n) is 6.82. The summed E-state index contributed by atoms with van der Waals surface area (Å²) in [6.45, 7) is 4.62. The van der Waals surface area contributed by atoms with Crippen molar-refractivity contribution in [2.24, 2.45) is 5.92 Å². The van der Waals surface area contributed by atoms with Crippen LogP contribution >= 0.6 is 0 Å². The Morgan fingerprint density at radius 1 is 1.38 bits per heavy atom. The topological polar surface area (TPSA) is 49.8 Å². The quantitative estimate of drug-likeness (QED) is 0.784. The van der Waals surface area contributed by atoms with Crippen molar-refractivity contribution in [2.75, 3.05) is 26.7 Å². The molecule has 0 aromatic heterocycles. The number of ether oxygens (including phenoxy) is 1. The van der Waals surface area contributed by atoms with Gasteiger partial charge in [0.05, 0.1) is 19.1 Å². The summed E-state index contributed by atoms with van der Waals surface area (Å²) in [7, 11) is 1.31. The number of esters is 1. The van der Waals surface area contributed by atoms with E-state index in [1.54, 1.807) is 11.8 Å². The van der Waals surface area contributed by atoms with Gasteiger partial charge >= 0.3 is 5.97 Å². The van der Waals surface area contributed by atoms with Gasteiger partial charge in [0.25, 0.3) is 0 Å². The van der Waals surface area contributed by atoms with E-state index in [0.717, 1.165) is 18.2 Å². The molecule has 0 aliphatic heterocycles. The van der Waals surface area contributed by atoms with Gasteiger partial charge in [0.15, 0.2) is 0 Å². The number of likely N-dealkylation sites (N-methyl/N-ethyl adjacent to an activating group) is 1. The van der Waals surface area contributed by atoms with Crippen LogP contribution in [0.4, 0.5) is 8.78 Å². The van der Waals surface area contributed by atoms with Crippen LogP contribution in [-0.4, -0.2) is 42.7 Å². The molecule has 0 bridgehead atoms. The number of halogens is 2. The molecule has 0 saturated carbocycles. The predicted octanol–water partition coefficient (Wildman–Crippen LogP) is 2.13. The van der Waals surface area contributed by atoms with Gasteiger partial charge in [-0.2, -0.15) is 0 Å². The van der Waals surface area contributed by atoms with Gasteiger partial charge < -0.3 is 9.84 Å². The van der Waals surface area contributed by atoms with Crippen LogP contribution in [-0.2, 0) is 9.53 Å². The van der Waals surface area contributed by atoms with E-state index in [4.69, 9.17) is 0 Å². The van der Waals surface area contributed by atoms with Crippen LogP contribution in [0.3, 0.4) is 0 Å². The molecular weight excluding hydrogens is 280 g/mol. The minimum atomic E-state index is -1.16. The van der Waals surface area contributed by atoms with E-state index < -0.39 is 17.7 Å². The molecule has 1 rings (SSSR count). The summed E-state index contributed by atoms with van der Waals surface area (Å²) in [6, 6.07) is 2.97. The van der Waals surface area contributed by atoms with Gasteiger partial charge in [0, 0.05) is 18.7 Å². The highest BCUT2D eigenvalue weighted by Crippen LogP contribution is 2.20. The lowest BCUT2D eigenvalue weighted by molar-refractivity contribution is -0.145. The van der Waals surface area contributed by atoms with Crippen LogP contribution < -0.4 is 0 Å². The number of methoxy groups -OCH3 is 1. The van der Waals surface area contributed by atoms with Crippen LogP contribution in [0, 0.1) is 17.6 Å². The van der Waals surface area contributed by atoms with Gasteiger partial charge in [-0.25, -0.2) is 8.78 Å².